The summed E-state index contributed by atoms with van der Waals surface area (Å²) in [4.78, 5) is 8.90. The second kappa shape index (κ2) is 4.67. The average molecular weight is 275 g/mol. The van der Waals surface area contributed by atoms with Crippen molar-refractivity contribution in [3.05, 3.63) is 46.4 Å². The van der Waals surface area contributed by atoms with E-state index in [9.17, 15) is 0 Å². The average Bonchev–Trinajstić information content (AvgIpc) is 2.88. The third-order valence-electron chi connectivity index (χ3n) is 2.88. The lowest BCUT2D eigenvalue weighted by molar-refractivity contribution is 1.14. The van der Waals surface area contributed by atoms with Crippen LogP contribution in [0.4, 0.5) is 0 Å². The number of fused-ring (bicyclic) bond motifs is 1. The maximum atomic E-state index is 6.17. The molecule has 3 rings (SSSR count). The van der Waals surface area contributed by atoms with Gasteiger partial charge in [-0.05, 0) is 23.4 Å². The molecule has 1 aromatic carbocycles. The monoisotopic (exact) mass is 274 g/mol. The standard InChI is InChI=1S/C14H11ClN2S/c1-2-9-3-5-10(6-4-9)14-16-11-7-8-18-12(11)13(15)17-14/h3-8H,2H2,1H3. The molecule has 0 bridgehead atoms. The first-order valence-corrected chi connectivity index (χ1v) is 7.03. The lowest BCUT2D eigenvalue weighted by Gasteiger charge is -2.03. The largest absolute Gasteiger partial charge is 0.227 e. The number of thiophene rings is 1. The summed E-state index contributed by atoms with van der Waals surface area (Å²) in [7, 11) is 0. The summed E-state index contributed by atoms with van der Waals surface area (Å²) in [5.41, 5.74) is 3.22. The summed E-state index contributed by atoms with van der Waals surface area (Å²) in [6.07, 6.45) is 1.03. The van der Waals surface area contributed by atoms with Crippen molar-refractivity contribution in [1.82, 2.24) is 9.97 Å². The first-order valence-electron chi connectivity index (χ1n) is 5.78. The number of aryl methyl sites for hydroxylation is 1. The fourth-order valence-electron chi connectivity index (χ4n) is 1.85. The number of nitrogens with zero attached hydrogens (tertiary/aromatic N) is 2. The molecule has 90 valence electrons. The van der Waals surface area contributed by atoms with E-state index in [0.717, 1.165) is 22.2 Å². The van der Waals surface area contributed by atoms with Crippen LogP contribution in [0.5, 0.6) is 0 Å². The molecule has 2 aromatic heterocycles. The first-order chi connectivity index (χ1) is 8.78. The summed E-state index contributed by atoms with van der Waals surface area (Å²) in [6, 6.07) is 10.3. The minimum atomic E-state index is 0.532. The molecule has 0 aliphatic heterocycles. The van der Waals surface area contributed by atoms with Crippen molar-refractivity contribution in [3.63, 3.8) is 0 Å². The third-order valence-corrected chi connectivity index (χ3v) is 4.18. The van der Waals surface area contributed by atoms with Crippen LogP contribution in [0.2, 0.25) is 5.15 Å². The Hall–Kier alpha value is -1.45. The molecule has 0 saturated heterocycles. The number of hydrogen-bond donors (Lipinski definition) is 0. The Morgan fingerprint density at radius 3 is 2.61 bits per heavy atom. The van der Waals surface area contributed by atoms with Gasteiger partial charge < -0.3 is 0 Å². The van der Waals surface area contributed by atoms with Crippen molar-refractivity contribution in [1.29, 1.82) is 0 Å². The van der Waals surface area contributed by atoms with E-state index in [1.54, 1.807) is 11.3 Å². The normalized spacial score (nSPS) is 11.0. The van der Waals surface area contributed by atoms with Gasteiger partial charge >= 0.3 is 0 Å². The van der Waals surface area contributed by atoms with Gasteiger partial charge in [0.05, 0.1) is 10.2 Å². The molecule has 0 aliphatic carbocycles. The summed E-state index contributed by atoms with van der Waals surface area (Å²) in [6.45, 7) is 2.14. The van der Waals surface area contributed by atoms with Gasteiger partial charge in [-0.2, -0.15) is 0 Å². The van der Waals surface area contributed by atoms with Crippen molar-refractivity contribution in [2.75, 3.05) is 0 Å². The molecule has 0 spiro atoms. The van der Waals surface area contributed by atoms with Gasteiger partial charge in [-0.3, -0.25) is 0 Å². The lowest BCUT2D eigenvalue weighted by atomic mass is 10.1. The highest BCUT2D eigenvalue weighted by molar-refractivity contribution is 7.17. The quantitative estimate of drug-likeness (QED) is 0.640. The van der Waals surface area contributed by atoms with Gasteiger partial charge in [-0.15, -0.1) is 11.3 Å². The van der Waals surface area contributed by atoms with Gasteiger partial charge in [0.15, 0.2) is 11.0 Å². The zero-order valence-electron chi connectivity index (χ0n) is 9.85. The summed E-state index contributed by atoms with van der Waals surface area (Å²) in [5, 5.41) is 2.51. The predicted octanol–water partition coefficient (Wildman–Crippen LogP) is 4.57. The van der Waals surface area contributed by atoms with Crippen LogP contribution >= 0.6 is 22.9 Å². The smallest absolute Gasteiger partial charge is 0.161 e. The van der Waals surface area contributed by atoms with Crippen LogP contribution in [0.1, 0.15) is 12.5 Å². The number of halogens is 1. The molecule has 0 radical (unpaired) electrons. The van der Waals surface area contributed by atoms with E-state index in [1.165, 1.54) is 5.56 Å². The highest BCUT2D eigenvalue weighted by atomic mass is 35.5. The minimum Gasteiger partial charge on any atom is -0.227 e. The van der Waals surface area contributed by atoms with Gasteiger partial charge in [0.1, 0.15) is 0 Å². The molecule has 0 unspecified atom stereocenters. The SMILES string of the molecule is CCc1ccc(-c2nc(Cl)c3sccc3n2)cc1. The van der Waals surface area contributed by atoms with Crippen LogP contribution in [0, 0.1) is 0 Å². The van der Waals surface area contributed by atoms with E-state index in [0.29, 0.717) is 11.0 Å². The van der Waals surface area contributed by atoms with Crippen LogP contribution in [-0.2, 0) is 6.42 Å². The third kappa shape index (κ3) is 2.00. The van der Waals surface area contributed by atoms with E-state index < -0.39 is 0 Å². The van der Waals surface area contributed by atoms with Crippen molar-refractivity contribution in [3.8, 4) is 11.4 Å². The maximum Gasteiger partial charge on any atom is 0.161 e. The van der Waals surface area contributed by atoms with Crippen molar-refractivity contribution < 1.29 is 0 Å². The highest BCUT2D eigenvalue weighted by Crippen LogP contribution is 2.28. The Labute approximate surface area is 114 Å². The topological polar surface area (TPSA) is 25.8 Å². The number of aromatic nitrogens is 2. The predicted molar refractivity (Wildman–Crippen MR) is 77.2 cm³/mol. The minimum absolute atomic E-state index is 0.532. The van der Waals surface area contributed by atoms with Gasteiger partial charge in [0.25, 0.3) is 0 Å². The van der Waals surface area contributed by atoms with Crippen LogP contribution in [0.25, 0.3) is 21.6 Å². The molecule has 0 aliphatic rings. The number of benzene rings is 1. The lowest BCUT2D eigenvalue weighted by Crippen LogP contribution is -1.90. The fraction of sp³-hybridized carbons (Fsp3) is 0.143. The summed E-state index contributed by atoms with van der Waals surface area (Å²) >= 11 is 7.74. The van der Waals surface area contributed by atoms with Crippen LogP contribution in [-0.4, -0.2) is 9.97 Å². The van der Waals surface area contributed by atoms with E-state index in [4.69, 9.17) is 11.6 Å². The molecular formula is C14H11ClN2S. The van der Waals surface area contributed by atoms with E-state index >= 15 is 0 Å². The zero-order chi connectivity index (χ0) is 12.5. The Kier molecular flexibility index (Phi) is 3.02. The molecule has 0 N–H and O–H groups in total. The zero-order valence-corrected chi connectivity index (χ0v) is 11.4. The van der Waals surface area contributed by atoms with Gasteiger partial charge in [-0.1, -0.05) is 42.8 Å². The van der Waals surface area contributed by atoms with Crippen molar-refractivity contribution >= 4 is 33.2 Å². The van der Waals surface area contributed by atoms with Gasteiger partial charge in [0.2, 0.25) is 0 Å². The Balaban J connectivity index is 2.12. The molecule has 0 fully saturated rings. The molecule has 4 heteroatoms. The fourth-order valence-corrected chi connectivity index (χ4v) is 2.87. The van der Waals surface area contributed by atoms with E-state index in [-0.39, 0.29) is 0 Å². The maximum absolute atomic E-state index is 6.17. The van der Waals surface area contributed by atoms with Gasteiger partial charge in [-0.25, -0.2) is 9.97 Å². The van der Waals surface area contributed by atoms with E-state index in [1.807, 2.05) is 23.6 Å². The molecule has 3 aromatic rings. The molecule has 0 atom stereocenters. The molecular weight excluding hydrogens is 264 g/mol. The van der Waals surface area contributed by atoms with E-state index in [2.05, 4.69) is 29.0 Å². The number of rotatable bonds is 2. The highest BCUT2D eigenvalue weighted by Gasteiger charge is 2.08. The molecule has 18 heavy (non-hydrogen) atoms. The molecule has 2 heterocycles. The Morgan fingerprint density at radius 1 is 1.11 bits per heavy atom. The van der Waals surface area contributed by atoms with Crippen LogP contribution in [0.15, 0.2) is 35.7 Å². The summed E-state index contributed by atoms with van der Waals surface area (Å²) in [5.74, 6) is 0.688. The van der Waals surface area contributed by atoms with Gasteiger partial charge in [0, 0.05) is 5.56 Å². The summed E-state index contributed by atoms with van der Waals surface area (Å²) < 4.78 is 0.950. The van der Waals surface area contributed by atoms with Crippen molar-refractivity contribution in [2.24, 2.45) is 0 Å². The van der Waals surface area contributed by atoms with Crippen LogP contribution in [0.3, 0.4) is 0 Å². The van der Waals surface area contributed by atoms with Crippen molar-refractivity contribution in [2.45, 2.75) is 13.3 Å². The van der Waals surface area contributed by atoms with Crippen LogP contribution < -0.4 is 0 Å². The molecule has 2 nitrogen and oxygen atoms in total. The Morgan fingerprint density at radius 2 is 1.89 bits per heavy atom. The Bertz CT molecular complexity index is 689. The second-order valence-corrected chi connectivity index (χ2v) is 5.30. The molecule has 0 saturated carbocycles. The second-order valence-electron chi connectivity index (χ2n) is 4.02. The first kappa shape index (κ1) is 11.6. The number of hydrogen-bond acceptors (Lipinski definition) is 3. The molecule has 0 amide bonds.